The van der Waals surface area contributed by atoms with Crippen molar-refractivity contribution < 1.29 is 0 Å². The third-order valence-corrected chi connectivity index (χ3v) is 3.85. The zero-order valence-corrected chi connectivity index (χ0v) is 10.6. The molecule has 2 heterocycles. The SMILES string of the molecule is CC(Cn1ccnc1NC1CC1)N1CCCC1. The van der Waals surface area contributed by atoms with Gasteiger partial charge in [-0.25, -0.2) is 4.98 Å². The fourth-order valence-electron chi connectivity index (χ4n) is 2.59. The molecule has 0 aromatic carbocycles. The van der Waals surface area contributed by atoms with E-state index in [1.165, 1.54) is 38.8 Å². The fourth-order valence-corrected chi connectivity index (χ4v) is 2.59. The summed E-state index contributed by atoms with van der Waals surface area (Å²) in [6.07, 6.45) is 9.32. The van der Waals surface area contributed by atoms with Crippen molar-refractivity contribution >= 4 is 5.95 Å². The van der Waals surface area contributed by atoms with Gasteiger partial charge in [0.15, 0.2) is 0 Å². The summed E-state index contributed by atoms with van der Waals surface area (Å²) in [7, 11) is 0. The molecule has 1 aliphatic carbocycles. The zero-order valence-electron chi connectivity index (χ0n) is 10.6. The Bertz CT molecular complexity index is 363. The highest BCUT2D eigenvalue weighted by molar-refractivity contribution is 5.29. The number of imidazole rings is 1. The lowest BCUT2D eigenvalue weighted by atomic mass is 10.3. The molecule has 0 radical (unpaired) electrons. The number of aromatic nitrogens is 2. The van der Waals surface area contributed by atoms with Crippen LogP contribution in [0.2, 0.25) is 0 Å². The average molecular weight is 234 g/mol. The molecule has 3 rings (SSSR count). The first-order valence-electron chi connectivity index (χ1n) is 6.84. The van der Waals surface area contributed by atoms with Gasteiger partial charge in [-0.05, 0) is 45.7 Å². The Labute approximate surface area is 103 Å². The van der Waals surface area contributed by atoms with E-state index in [1.807, 2.05) is 6.20 Å². The highest BCUT2D eigenvalue weighted by Crippen LogP contribution is 2.24. The van der Waals surface area contributed by atoms with Crippen molar-refractivity contribution in [1.29, 1.82) is 0 Å². The Morgan fingerprint density at radius 2 is 2.18 bits per heavy atom. The second kappa shape index (κ2) is 4.69. The smallest absolute Gasteiger partial charge is 0.203 e. The predicted octanol–water partition coefficient (Wildman–Crippen LogP) is 1.94. The van der Waals surface area contributed by atoms with E-state index < -0.39 is 0 Å². The summed E-state index contributed by atoms with van der Waals surface area (Å²) in [5.74, 6) is 1.05. The van der Waals surface area contributed by atoms with Crippen LogP contribution in [0.25, 0.3) is 0 Å². The van der Waals surface area contributed by atoms with Gasteiger partial charge in [0.05, 0.1) is 0 Å². The molecule has 1 atom stereocenters. The van der Waals surface area contributed by atoms with E-state index in [1.54, 1.807) is 0 Å². The highest BCUT2D eigenvalue weighted by atomic mass is 15.3. The number of likely N-dealkylation sites (tertiary alicyclic amines) is 1. The minimum atomic E-state index is 0.617. The maximum Gasteiger partial charge on any atom is 0.203 e. The average Bonchev–Trinajstić information content (AvgIpc) is 2.81. The van der Waals surface area contributed by atoms with E-state index in [-0.39, 0.29) is 0 Å². The minimum absolute atomic E-state index is 0.617. The van der Waals surface area contributed by atoms with Crippen molar-refractivity contribution in [2.45, 2.75) is 51.2 Å². The van der Waals surface area contributed by atoms with Crippen molar-refractivity contribution in [2.75, 3.05) is 18.4 Å². The molecule has 94 valence electrons. The largest absolute Gasteiger partial charge is 0.353 e. The monoisotopic (exact) mass is 234 g/mol. The number of hydrogen-bond donors (Lipinski definition) is 1. The van der Waals surface area contributed by atoms with Crippen LogP contribution in [0.15, 0.2) is 12.4 Å². The molecule has 0 spiro atoms. The Kier molecular flexibility index (Phi) is 3.05. The topological polar surface area (TPSA) is 33.1 Å². The Morgan fingerprint density at radius 3 is 2.88 bits per heavy atom. The molecule has 2 aliphatic rings. The Balaban J connectivity index is 1.60. The normalized spacial score (nSPS) is 22.9. The molecule has 1 saturated carbocycles. The molecular formula is C13H22N4. The van der Waals surface area contributed by atoms with Crippen molar-refractivity contribution in [3.8, 4) is 0 Å². The van der Waals surface area contributed by atoms with Gasteiger partial charge in [0.1, 0.15) is 0 Å². The van der Waals surface area contributed by atoms with E-state index in [2.05, 4.69) is 32.9 Å². The lowest BCUT2D eigenvalue weighted by Crippen LogP contribution is -2.33. The van der Waals surface area contributed by atoms with Gasteiger partial charge in [-0.3, -0.25) is 4.90 Å². The molecule has 1 aromatic rings. The van der Waals surface area contributed by atoms with Crippen molar-refractivity contribution in [3.05, 3.63) is 12.4 Å². The number of rotatable bonds is 5. The van der Waals surface area contributed by atoms with Gasteiger partial charge in [0.25, 0.3) is 0 Å². The lowest BCUT2D eigenvalue weighted by Gasteiger charge is -2.24. The third-order valence-electron chi connectivity index (χ3n) is 3.85. The molecular weight excluding hydrogens is 212 g/mol. The summed E-state index contributed by atoms with van der Waals surface area (Å²) in [5.41, 5.74) is 0. The standard InChI is InChI=1S/C13H22N4/c1-11(16-7-2-3-8-16)10-17-9-6-14-13(17)15-12-4-5-12/h6,9,11-12H,2-5,7-8,10H2,1H3,(H,14,15). The summed E-state index contributed by atoms with van der Waals surface area (Å²) < 4.78 is 2.27. The molecule has 0 amide bonds. The van der Waals surface area contributed by atoms with E-state index in [0.717, 1.165) is 12.5 Å². The van der Waals surface area contributed by atoms with Crippen LogP contribution < -0.4 is 5.32 Å². The molecule has 0 bridgehead atoms. The van der Waals surface area contributed by atoms with Gasteiger partial charge >= 0.3 is 0 Å². The van der Waals surface area contributed by atoms with Gasteiger partial charge in [0.2, 0.25) is 5.95 Å². The second-order valence-electron chi connectivity index (χ2n) is 5.41. The number of anilines is 1. The van der Waals surface area contributed by atoms with E-state index in [4.69, 9.17) is 0 Å². The summed E-state index contributed by atoms with van der Waals surface area (Å²) in [5, 5.41) is 3.49. The molecule has 1 N–H and O–H groups in total. The quantitative estimate of drug-likeness (QED) is 0.845. The predicted molar refractivity (Wildman–Crippen MR) is 69.1 cm³/mol. The molecule has 1 unspecified atom stereocenters. The summed E-state index contributed by atoms with van der Waals surface area (Å²) in [4.78, 5) is 6.99. The van der Waals surface area contributed by atoms with Crippen molar-refractivity contribution in [3.63, 3.8) is 0 Å². The van der Waals surface area contributed by atoms with Gasteiger partial charge < -0.3 is 9.88 Å². The van der Waals surface area contributed by atoms with Gasteiger partial charge in [-0.2, -0.15) is 0 Å². The van der Waals surface area contributed by atoms with E-state index >= 15 is 0 Å². The van der Waals surface area contributed by atoms with Crippen LogP contribution in [0.4, 0.5) is 5.95 Å². The molecule has 4 heteroatoms. The van der Waals surface area contributed by atoms with Crippen LogP contribution in [0.1, 0.15) is 32.6 Å². The zero-order chi connectivity index (χ0) is 11.7. The van der Waals surface area contributed by atoms with E-state index in [9.17, 15) is 0 Å². The van der Waals surface area contributed by atoms with Crippen LogP contribution in [0, 0.1) is 0 Å². The highest BCUT2D eigenvalue weighted by Gasteiger charge is 2.23. The van der Waals surface area contributed by atoms with Gasteiger partial charge in [0, 0.05) is 31.0 Å². The fraction of sp³-hybridized carbons (Fsp3) is 0.769. The van der Waals surface area contributed by atoms with Crippen molar-refractivity contribution in [2.24, 2.45) is 0 Å². The minimum Gasteiger partial charge on any atom is -0.353 e. The molecule has 2 fully saturated rings. The van der Waals surface area contributed by atoms with E-state index in [0.29, 0.717) is 12.1 Å². The molecule has 1 aromatic heterocycles. The number of nitrogens with zero attached hydrogens (tertiary/aromatic N) is 3. The molecule has 4 nitrogen and oxygen atoms in total. The van der Waals surface area contributed by atoms with Gasteiger partial charge in [-0.15, -0.1) is 0 Å². The summed E-state index contributed by atoms with van der Waals surface area (Å²) in [6, 6.07) is 1.30. The van der Waals surface area contributed by atoms with Crippen LogP contribution in [-0.2, 0) is 6.54 Å². The summed E-state index contributed by atoms with van der Waals surface area (Å²) >= 11 is 0. The summed E-state index contributed by atoms with van der Waals surface area (Å²) in [6.45, 7) is 5.91. The Morgan fingerprint density at radius 1 is 1.41 bits per heavy atom. The van der Waals surface area contributed by atoms with Crippen LogP contribution in [0.5, 0.6) is 0 Å². The Hall–Kier alpha value is -1.03. The van der Waals surface area contributed by atoms with Crippen LogP contribution in [-0.4, -0.2) is 39.6 Å². The molecule has 17 heavy (non-hydrogen) atoms. The third kappa shape index (κ3) is 2.63. The van der Waals surface area contributed by atoms with Crippen LogP contribution >= 0.6 is 0 Å². The molecule has 1 saturated heterocycles. The van der Waals surface area contributed by atoms with Crippen molar-refractivity contribution in [1.82, 2.24) is 14.5 Å². The number of nitrogens with one attached hydrogen (secondary N) is 1. The lowest BCUT2D eigenvalue weighted by molar-refractivity contribution is 0.236. The maximum absolute atomic E-state index is 4.41. The first kappa shape index (κ1) is 11.1. The van der Waals surface area contributed by atoms with Gasteiger partial charge in [-0.1, -0.05) is 0 Å². The second-order valence-corrected chi connectivity index (χ2v) is 5.41. The maximum atomic E-state index is 4.41. The van der Waals surface area contributed by atoms with Crippen LogP contribution in [0.3, 0.4) is 0 Å². The first-order chi connectivity index (χ1) is 8.33. The first-order valence-corrected chi connectivity index (χ1v) is 6.84. The number of hydrogen-bond acceptors (Lipinski definition) is 3. The molecule has 1 aliphatic heterocycles.